The smallest absolute Gasteiger partial charge is 0.273 e. The molecule has 2 aromatic rings. The first-order valence-electron chi connectivity index (χ1n) is 11.7. The molecule has 3 amide bonds. The summed E-state index contributed by atoms with van der Waals surface area (Å²) in [6, 6.07) is 10.8. The lowest BCUT2D eigenvalue weighted by atomic mass is 9.84. The first-order valence-corrected chi connectivity index (χ1v) is 14.8. The number of imide groups is 1. The number of ketones is 1. The largest absolute Gasteiger partial charge is 0.292 e. The number of nitrogens with zero attached hydrogens (tertiary/aromatic N) is 2. The molecular weight excluding hydrogens is 688 g/mol. The topological polar surface area (TPSA) is 74.8 Å². The van der Waals surface area contributed by atoms with Gasteiger partial charge in [-0.15, -0.1) is 23.2 Å². The van der Waals surface area contributed by atoms with E-state index >= 15 is 0 Å². The van der Waals surface area contributed by atoms with Crippen LogP contribution in [-0.4, -0.2) is 53.6 Å². The molecule has 1 saturated heterocycles. The number of alkyl halides is 4. The number of hydrogen-bond acceptors (Lipinski definition) is 4. The highest BCUT2D eigenvalue weighted by Crippen LogP contribution is 2.77. The number of amides is 3. The van der Waals surface area contributed by atoms with Crippen LogP contribution in [0.5, 0.6) is 0 Å². The third-order valence-electron chi connectivity index (χ3n) is 7.52. The van der Waals surface area contributed by atoms with Crippen LogP contribution in [0, 0.1) is 11.8 Å². The van der Waals surface area contributed by atoms with Crippen molar-refractivity contribution in [2.75, 3.05) is 0 Å². The van der Waals surface area contributed by atoms with Crippen LogP contribution < -0.4 is 0 Å². The molecule has 2 aliphatic carbocycles. The Morgan fingerprint density at radius 2 is 1.35 bits per heavy atom. The van der Waals surface area contributed by atoms with E-state index in [4.69, 9.17) is 92.8 Å². The quantitative estimate of drug-likeness (QED) is 0.178. The van der Waals surface area contributed by atoms with Gasteiger partial charge in [0.1, 0.15) is 15.8 Å². The van der Waals surface area contributed by atoms with Crippen molar-refractivity contribution in [2.45, 2.75) is 33.5 Å². The third-order valence-corrected chi connectivity index (χ3v) is 12.5. The van der Waals surface area contributed by atoms with Gasteiger partial charge < -0.3 is 0 Å². The Labute approximate surface area is 268 Å². The fraction of sp³-hybridized carbons (Fsp3) is 0.308. The summed E-state index contributed by atoms with van der Waals surface area (Å²) in [5.74, 6) is -6.38. The van der Waals surface area contributed by atoms with Crippen molar-refractivity contribution in [3.05, 3.63) is 79.8 Å². The minimum Gasteiger partial charge on any atom is -0.292 e. The molecule has 1 heterocycles. The van der Waals surface area contributed by atoms with Gasteiger partial charge in [0.25, 0.3) is 17.7 Å². The second-order valence-electron chi connectivity index (χ2n) is 9.50. The monoisotopic (exact) mass is 700 g/mol. The van der Waals surface area contributed by atoms with Gasteiger partial charge >= 0.3 is 0 Å². The molecule has 2 fully saturated rings. The first kappa shape index (κ1) is 30.2. The molecule has 0 aromatic heterocycles. The summed E-state index contributed by atoms with van der Waals surface area (Å²) in [5.41, 5.74) is 0.199. The molecule has 40 heavy (non-hydrogen) atoms. The molecule has 0 N–H and O–H groups in total. The van der Waals surface area contributed by atoms with Gasteiger partial charge in [-0.3, -0.25) is 19.2 Å². The zero-order valence-corrected chi connectivity index (χ0v) is 26.2. The van der Waals surface area contributed by atoms with Gasteiger partial charge in [-0.05, 0) is 24.6 Å². The predicted molar refractivity (Wildman–Crippen MR) is 157 cm³/mol. The van der Waals surface area contributed by atoms with Crippen LogP contribution in [0.1, 0.15) is 34.1 Å². The number of benzene rings is 2. The van der Waals surface area contributed by atoms with Crippen LogP contribution in [0.2, 0.25) is 10.0 Å². The molecule has 3 aliphatic rings. The van der Waals surface area contributed by atoms with Crippen molar-refractivity contribution >= 4 is 116 Å². The Kier molecular flexibility index (Phi) is 7.71. The number of allylic oxidation sites excluding steroid dienone is 2. The molecule has 0 unspecified atom stereocenters. The van der Waals surface area contributed by atoms with Gasteiger partial charge in [-0.25, -0.2) is 5.01 Å². The number of fused-ring (bicyclic) bond motifs is 5. The Balaban J connectivity index is 1.67. The first-order chi connectivity index (χ1) is 18.7. The number of carbonyl (C=O) groups excluding carboxylic acids is 4. The van der Waals surface area contributed by atoms with Crippen molar-refractivity contribution < 1.29 is 19.2 Å². The van der Waals surface area contributed by atoms with Crippen LogP contribution in [0.25, 0.3) is 0 Å². The predicted octanol–water partition coefficient (Wildman–Crippen LogP) is 7.46. The second kappa shape index (κ2) is 10.2. The molecule has 6 nitrogen and oxygen atoms in total. The van der Waals surface area contributed by atoms with E-state index in [0.717, 1.165) is 5.01 Å². The molecule has 2 bridgehead atoms. The Morgan fingerprint density at radius 3 is 1.82 bits per heavy atom. The summed E-state index contributed by atoms with van der Waals surface area (Å²) in [6.07, 6.45) is 0.0138. The Bertz CT molecular complexity index is 1470. The highest BCUT2D eigenvalue weighted by Gasteiger charge is 2.88. The van der Waals surface area contributed by atoms with Crippen LogP contribution in [-0.2, 0) is 9.59 Å². The normalized spacial score (nSPS) is 29.2. The zero-order chi connectivity index (χ0) is 29.5. The maximum atomic E-state index is 14.1. The molecule has 210 valence electrons. The summed E-state index contributed by atoms with van der Waals surface area (Å²) in [4.78, 5) is 51.9. The number of hydrogen-bond donors (Lipinski definition) is 0. The van der Waals surface area contributed by atoms with Gasteiger partial charge in [0.15, 0.2) is 10.1 Å². The minimum absolute atomic E-state index is 0.0138. The molecule has 0 spiro atoms. The lowest BCUT2D eigenvalue weighted by molar-refractivity contribution is -0.157. The standard InChI is InChI=1S/C26H16Cl8N2O4/c1-2-15(18(37)11-6-4-3-5-7-11)35(21(38)12-8-9-13(27)14(28)10-12)36-22(39)16-17(23(36)40)25(32)20(30)19(29)24(16,31)26(25,33)34/h3-10,15-17H,2H2,1H3/t15-,16-,17+,24-,25-/m1/s1. The highest BCUT2D eigenvalue weighted by atomic mass is 35.5. The molecule has 5 atom stereocenters. The van der Waals surface area contributed by atoms with Gasteiger partial charge in [0.2, 0.25) is 0 Å². The average Bonchev–Trinajstić information content (AvgIpc) is 3.31. The molecule has 0 radical (unpaired) electrons. The maximum Gasteiger partial charge on any atom is 0.273 e. The molecule has 5 rings (SSSR count). The SMILES string of the molecule is CC[C@H](C(=O)c1ccccc1)N(C(=O)c1ccc(Cl)c(Cl)c1)N1C(=O)[C@@H]2[C@H](C1=O)[C@@]1(Cl)C(Cl)=C(Cl)[C@@]2(Cl)C1(Cl)Cl. The fourth-order valence-electron chi connectivity index (χ4n) is 5.59. The van der Waals surface area contributed by atoms with E-state index < -0.39 is 55.5 Å². The minimum atomic E-state index is -2.16. The number of hydrazine groups is 1. The van der Waals surface area contributed by atoms with E-state index in [1.165, 1.54) is 18.2 Å². The number of halogens is 8. The summed E-state index contributed by atoms with van der Waals surface area (Å²) in [7, 11) is 0. The van der Waals surface area contributed by atoms with E-state index in [-0.39, 0.29) is 37.7 Å². The van der Waals surface area contributed by atoms with Gasteiger partial charge in [0, 0.05) is 11.1 Å². The van der Waals surface area contributed by atoms with Crippen LogP contribution in [0.15, 0.2) is 58.6 Å². The van der Waals surface area contributed by atoms with E-state index in [1.807, 2.05) is 0 Å². The second-order valence-corrected chi connectivity index (χ2v) is 13.6. The van der Waals surface area contributed by atoms with E-state index in [9.17, 15) is 19.2 Å². The Morgan fingerprint density at radius 1 is 0.825 bits per heavy atom. The third kappa shape index (κ3) is 3.77. The molecule has 2 aromatic carbocycles. The molecular formula is C26H16Cl8N2O4. The molecule has 1 saturated carbocycles. The van der Waals surface area contributed by atoms with Crippen LogP contribution in [0.4, 0.5) is 0 Å². The summed E-state index contributed by atoms with van der Waals surface area (Å²) < 4.78 is -2.16. The van der Waals surface area contributed by atoms with Crippen molar-refractivity contribution in [3.8, 4) is 0 Å². The summed E-state index contributed by atoms with van der Waals surface area (Å²) >= 11 is 51.8. The summed E-state index contributed by atoms with van der Waals surface area (Å²) in [5, 5.41) is 1.01. The number of rotatable bonds is 6. The highest BCUT2D eigenvalue weighted by molar-refractivity contribution is 6.66. The van der Waals surface area contributed by atoms with Crippen molar-refractivity contribution in [1.29, 1.82) is 0 Å². The van der Waals surface area contributed by atoms with Crippen LogP contribution >= 0.6 is 92.8 Å². The van der Waals surface area contributed by atoms with Crippen molar-refractivity contribution in [2.24, 2.45) is 11.8 Å². The van der Waals surface area contributed by atoms with Crippen molar-refractivity contribution in [1.82, 2.24) is 10.0 Å². The Hall–Kier alpha value is -1.22. The van der Waals surface area contributed by atoms with Gasteiger partial charge in [0.05, 0.1) is 31.9 Å². The number of Topliss-reactive ketones (excluding diaryl/α,β-unsaturated/α-hetero) is 1. The van der Waals surface area contributed by atoms with Gasteiger partial charge in [-0.1, -0.05) is 107 Å². The average molecular weight is 704 g/mol. The lowest BCUT2D eigenvalue weighted by Crippen LogP contribution is -2.60. The van der Waals surface area contributed by atoms with E-state index in [0.29, 0.717) is 5.01 Å². The van der Waals surface area contributed by atoms with E-state index in [1.54, 1.807) is 37.3 Å². The number of carbonyl (C=O) groups is 4. The summed E-state index contributed by atoms with van der Waals surface area (Å²) in [6.45, 7) is 1.63. The van der Waals surface area contributed by atoms with E-state index in [2.05, 4.69) is 0 Å². The maximum absolute atomic E-state index is 14.1. The molecule has 1 aliphatic heterocycles. The lowest BCUT2D eigenvalue weighted by Gasteiger charge is -2.39. The zero-order valence-electron chi connectivity index (χ0n) is 20.1. The van der Waals surface area contributed by atoms with Crippen LogP contribution in [0.3, 0.4) is 0 Å². The van der Waals surface area contributed by atoms with Gasteiger partial charge in [-0.2, -0.15) is 5.01 Å². The molecule has 14 heteroatoms. The fourth-order valence-corrected chi connectivity index (χ4v) is 8.82. The van der Waals surface area contributed by atoms with Crippen molar-refractivity contribution in [3.63, 3.8) is 0 Å².